The van der Waals surface area contributed by atoms with Gasteiger partial charge in [0, 0.05) is 25.7 Å². The van der Waals surface area contributed by atoms with Gasteiger partial charge in [-0.05, 0) is 14.0 Å². The number of nitrogens with zero attached hydrogens (tertiary/aromatic N) is 2. The van der Waals surface area contributed by atoms with Gasteiger partial charge in [0.1, 0.15) is 5.82 Å². The normalized spacial score (nSPS) is 22.9. The van der Waals surface area contributed by atoms with Crippen molar-refractivity contribution in [3.05, 3.63) is 27.9 Å². The molecule has 0 amide bonds. The molecule has 2 heterocycles. The average Bonchev–Trinajstić information content (AvgIpc) is 2.16. The second-order valence-electron chi connectivity index (χ2n) is 4.02. The number of nitrogens with one attached hydrogen (secondary N) is 2. The van der Waals surface area contributed by atoms with E-state index < -0.39 is 0 Å². The van der Waals surface area contributed by atoms with Crippen molar-refractivity contribution in [3.8, 4) is 0 Å². The van der Waals surface area contributed by atoms with E-state index in [0.29, 0.717) is 5.82 Å². The minimum absolute atomic E-state index is 0.0764. The summed E-state index contributed by atoms with van der Waals surface area (Å²) in [6.07, 6.45) is 0. The molecule has 5 heteroatoms. The maximum absolute atomic E-state index is 11.3. The lowest BCUT2D eigenvalue weighted by Gasteiger charge is -2.30. The van der Waals surface area contributed by atoms with Crippen molar-refractivity contribution in [3.63, 3.8) is 0 Å². The first kappa shape index (κ1) is 10.3. The minimum atomic E-state index is -0.0764. The Balaban J connectivity index is 2.24. The van der Waals surface area contributed by atoms with Gasteiger partial charge in [-0.1, -0.05) is 0 Å². The summed E-state index contributed by atoms with van der Waals surface area (Å²) in [5.74, 6) is 0.674. The van der Waals surface area contributed by atoms with Gasteiger partial charge in [0.25, 0.3) is 5.56 Å². The number of rotatable bonds is 1. The van der Waals surface area contributed by atoms with Crippen molar-refractivity contribution < 1.29 is 0 Å². The molecule has 0 aliphatic carbocycles. The smallest absolute Gasteiger partial charge is 0.251 e. The zero-order valence-corrected chi connectivity index (χ0v) is 9.08. The first-order valence-electron chi connectivity index (χ1n) is 5.15. The van der Waals surface area contributed by atoms with Crippen molar-refractivity contribution in [1.82, 2.24) is 20.2 Å². The summed E-state index contributed by atoms with van der Waals surface area (Å²) in [5, 5.41) is 3.36. The highest BCUT2D eigenvalue weighted by atomic mass is 16.1. The zero-order chi connectivity index (χ0) is 10.8. The molecule has 1 aliphatic rings. The molecule has 1 unspecified atom stereocenters. The van der Waals surface area contributed by atoms with Crippen LogP contribution in [0.5, 0.6) is 0 Å². The summed E-state index contributed by atoms with van der Waals surface area (Å²) < 4.78 is 0. The first-order valence-corrected chi connectivity index (χ1v) is 5.15. The predicted molar refractivity (Wildman–Crippen MR) is 57.8 cm³/mol. The number of H-pyrrole nitrogens is 1. The Bertz CT molecular complexity index is 401. The fraction of sp³-hybridized carbons (Fsp3) is 0.600. The maximum atomic E-state index is 11.3. The SMILES string of the molecule is Cc1nc(C2CN(C)CCN2)cc(=O)[nH]1. The van der Waals surface area contributed by atoms with Crippen LogP contribution in [0.4, 0.5) is 0 Å². The Kier molecular flexibility index (Phi) is 2.83. The Morgan fingerprint density at radius 3 is 3.07 bits per heavy atom. The van der Waals surface area contributed by atoms with E-state index in [4.69, 9.17) is 0 Å². The Morgan fingerprint density at radius 2 is 2.40 bits per heavy atom. The van der Waals surface area contributed by atoms with Gasteiger partial charge in [0.2, 0.25) is 0 Å². The van der Waals surface area contributed by atoms with Crippen LogP contribution in [0.25, 0.3) is 0 Å². The number of piperazine rings is 1. The Labute approximate surface area is 88.5 Å². The molecule has 5 nitrogen and oxygen atoms in total. The molecule has 1 fully saturated rings. The lowest BCUT2D eigenvalue weighted by Crippen LogP contribution is -2.44. The second-order valence-corrected chi connectivity index (χ2v) is 4.02. The predicted octanol–water partition coefficient (Wildman–Crippen LogP) is -0.346. The van der Waals surface area contributed by atoms with E-state index in [1.165, 1.54) is 0 Å². The molecule has 0 spiro atoms. The molecule has 0 aromatic carbocycles. The average molecular weight is 208 g/mol. The first-order chi connectivity index (χ1) is 7.15. The summed E-state index contributed by atoms with van der Waals surface area (Å²) >= 11 is 0. The summed E-state index contributed by atoms with van der Waals surface area (Å²) in [6.45, 7) is 4.68. The summed E-state index contributed by atoms with van der Waals surface area (Å²) in [7, 11) is 2.08. The van der Waals surface area contributed by atoms with E-state index in [1.807, 2.05) is 0 Å². The topological polar surface area (TPSA) is 61.0 Å². The molecule has 0 radical (unpaired) electrons. The largest absolute Gasteiger partial charge is 0.311 e. The van der Waals surface area contributed by atoms with Gasteiger partial charge in [-0.2, -0.15) is 0 Å². The monoisotopic (exact) mass is 208 g/mol. The van der Waals surface area contributed by atoms with Crippen molar-refractivity contribution >= 4 is 0 Å². The molecule has 1 atom stereocenters. The van der Waals surface area contributed by atoms with Gasteiger partial charge < -0.3 is 15.2 Å². The van der Waals surface area contributed by atoms with Gasteiger partial charge in [0.15, 0.2) is 0 Å². The molecule has 15 heavy (non-hydrogen) atoms. The number of hydrogen-bond donors (Lipinski definition) is 2. The Morgan fingerprint density at radius 1 is 1.60 bits per heavy atom. The van der Waals surface area contributed by atoms with Crippen LogP contribution in [-0.4, -0.2) is 41.5 Å². The summed E-state index contributed by atoms with van der Waals surface area (Å²) in [4.78, 5) is 20.5. The lowest BCUT2D eigenvalue weighted by molar-refractivity contribution is 0.238. The van der Waals surface area contributed by atoms with Gasteiger partial charge in [-0.25, -0.2) is 4.98 Å². The fourth-order valence-electron chi connectivity index (χ4n) is 1.88. The van der Waals surface area contributed by atoms with Crippen LogP contribution in [0.15, 0.2) is 10.9 Å². The highest BCUT2D eigenvalue weighted by Crippen LogP contribution is 2.12. The van der Waals surface area contributed by atoms with E-state index in [9.17, 15) is 4.79 Å². The maximum Gasteiger partial charge on any atom is 0.251 e. The van der Waals surface area contributed by atoms with Crippen LogP contribution in [0.2, 0.25) is 0 Å². The number of aromatic nitrogens is 2. The van der Waals surface area contributed by atoms with Gasteiger partial charge in [-0.15, -0.1) is 0 Å². The van der Waals surface area contributed by atoms with Crippen molar-refractivity contribution in [1.29, 1.82) is 0 Å². The van der Waals surface area contributed by atoms with Gasteiger partial charge >= 0.3 is 0 Å². The molecule has 0 bridgehead atoms. The molecule has 1 aromatic rings. The van der Waals surface area contributed by atoms with E-state index in [-0.39, 0.29) is 11.6 Å². The number of hydrogen-bond acceptors (Lipinski definition) is 4. The van der Waals surface area contributed by atoms with E-state index >= 15 is 0 Å². The zero-order valence-electron chi connectivity index (χ0n) is 9.08. The van der Waals surface area contributed by atoms with Crippen LogP contribution >= 0.6 is 0 Å². The van der Waals surface area contributed by atoms with E-state index in [0.717, 1.165) is 25.3 Å². The molecular formula is C10H16N4O. The van der Waals surface area contributed by atoms with Crippen molar-refractivity contribution in [2.24, 2.45) is 0 Å². The van der Waals surface area contributed by atoms with Crippen LogP contribution in [0.1, 0.15) is 17.6 Å². The highest BCUT2D eigenvalue weighted by molar-refractivity contribution is 5.09. The molecule has 2 N–H and O–H groups in total. The molecule has 82 valence electrons. The third-order valence-electron chi connectivity index (χ3n) is 2.62. The molecular weight excluding hydrogens is 192 g/mol. The van der Waals surface area contributed by atoms with Crippen molar-refractivity contribution in [2.75, 3.05) is 26.7 Å². The highest BCUT2D eigenvalue weighted by Gasteiger charge is 2.19. The van der Waals surface area contributed by atoms with Crippen LogP contribution in [0.3, 0.4) is 0 Å². The van der Waals surface area contributed by atoms with Crippen LogP contribution < -0.4 is 10.9 Å². The number of aromatic amines is 1. The number of aryl methyl sites for hydroxylation is 1. The fourth-order valence-corrected chi connectivity index (χ4v) is 1.88. The second kappa shape index (κ2) is 4.12. The lowest BCUT2D eigenvalue weighted by atomic mass is 10.1. The molecule has 1 aromatic heterocycles. The third-order valence-corrected chi connectivity index (χ3v) is 2.62. The summed E-state index contributed by atoms with van der Waals surface area (Å²) in [6, 6.07) is 1.74. The standard InChI is InChI=1S/C10H16N4O/c1-7-12-8(5-10(15)13-7)9-6-14(2)4-3-11-9/h5,9,11H,3-4,6H2,1-2H3,(H,12,13,15). The Hall–Kier alpha value is -1.20. The minimum Gasteiger partial charge on any atom is -0.311 e. The van der Waals surface area contributed by atoms with Crippen LogP contribution in [-0.2, 0) is 0 Å². The summed E-state index contributed by atoms with van der Waals surface area (Å²) in [5.41, 5.74) is 0.760. The molecule has 0 saturated carbocycles. The quantitative estimate of drug-likeness (QED) is 0.662. The molecule has 1 aliphatic heterocycles. The number of likely N-dealkylation sites (N-methyl/N-ethyl adjacent to an activating group) is 1. The molecule has 1 saturated heterocycles. The van der Waals surface area contributed by atoms with Crippen LogP contribution in [0, 0.1) is 6.92 Å². The third kappa shape index (κ3) is 2.43. The molecule has 2 rings (SSSR count). The van der Waals surface area contributed by atoms with E-state index in [1.54, 1.807) is 13.0 Å². The van der Waals surface area contributed by atoms with E-state index in [2.05, 4.69) is 27.2 Å². The van der Waals surface area contributed by atoms with Gasteiger partial charge in [0.05, 0.1) is 11.7 Å². The van der Waals surface area contributed by atoms with Crippen molar-refractivity contribution in [2.45, 2.75) is 13.0 Å². The van der Waals surface area contributed by atoms with Gasteiger partial charge in [-0.3, -0.25) is 4.79 Å².